The van der Waals surface area contributed by atoms with Crippen molar-refractivity contribution in [1.29, 1.82) is 0 Å². The van der Waals surface area contributed by atoms with Gasteiger partial charge in [0.2, 0.25) is 11.2 Å². The summed E-state index contributed by atoms with van der Waals surface area (Å²) in [6, 6.07) is 4.47. The summed E-state index contributed by atoms with van der Waals surface area (Å²) in [5.41, 5.74) is -0.776. The molecule has 0 fully saturated rings. The number of aryl methyl sites for hydroxylation is 1. The quantitative estimate of drug-likeness (QED) is 0.351. The molecule has 0 amide bonds. The van der Waals surface area contributed by atoms with Gasteiger partial charge in [-0.05, 0) is 29.8 Å². The van der Waals surface area contributed by atoms with Crippen molar-refractivity contribution < 1.29 is 22.3 Å². The standard InChI is InChI=1S/C18H11ClF4N6O/c1-29-7-12(18(21,22)23)26-15(29)13-11(20)5-9(6-25-13)8-30-16-10-3-2-4-24-14(10)27-17(19)28-16/h2-7H,8H2,1H3. The number of halogens is 5. The summed E-state index contributed by atoms with van der Waals surface area (Å²) >= 11 is 5.86. The van der Waals surface area contributed by atoms with Crippen LogP contribution in [0.4, 0.5) is 17.6 Å². The predicted octanol–water partition coefficient (Wildman–Crippen LogP) is 4.21. The van der Waals surface area contributed by atoms with Gasteiger partial charge < -0.3 is 9.30 Å². The first-order valence-corrected chi connectivity index (χ1v) is 8.76. The van der Waals surface area contributed by atoms with Gasteiger partial charge >= 0.3 is 6.18 Å². The number of aromatic nitrogens is 6. The summed E-state index contributed by atoms with van der Waals surface area (Å²) < 4.78 is 59.7. The Hall–Kier alpha value is -3.34. The Bertz CT molecular complexity index is 1240. The van der Waals surface area contributed by atoms with Crippen molar-refractivity contribution in [3.63, 3.8) is 0 Å². The molecule has 0 saturated carbocycles. The van der Waals surface area contributed by atoms with Gasteiger partial charge in [0, 0.05) is 31.2 Å². The third-order valence-corrected chi connectivity index (χ3v) is 4.23. The smallest absolute Gasteiger partial charge is 0.434 e. The lowest BCUT2D eigenvalue weighted by molar-refractivity contribution is -0.140. The van der Waals surface area contributed by atoms with E-state index in [1.807, 2.05) is 0 Å². The number of pyridine rings is 2. The van der Waals surface area contributed by atoms with Crippen LogP contribution in [0.3, 0.4) is 0 Å². The average molecular weight is 439 g/mol. The molecule has 4 rings (SSSR count). The number of ether oxygens (including phenoxy) is 1. The number of alkyl halides is 3. The molecule has 12 heteroatoms. The average Bonchev–Trinajstić information content (AvgIpc) is 3.08. The molecule has 4 heterocycles. The van der Waals surface area contributed by atoms with E-state index in [4.69, 9.17) is 16.3 Å². The second-order valence-corrected chi connectivity index (χ2v) is 6.53. The van der Waals surface area contributed by atoms with Crippen molar-refractivity contribution >= 4 is 22.6 Å². The first kappa shape index (κ1) is 20.0. The van der Waals surface area contributed by atoms with Crippen molar-refractivity contribution in [2.75, 3.05) is 0 Å². The highest BCUT2D eigenvalue weighted by molar-refractivity contribution is 6.28. The molecule has 0 spiro atoms. The fourth-order valence-electron chi connectivity index (χ4n) is 2.72. The molecule has 0 bridgehead atoms. The van der Waals surface area contributed by atoms with Crippen LogP contribution in [0, 0.1) is 5.82 Å². The first-order valence-electron chi connectivity index (χ1n) is 8.39. The molecule has 7 nitrogen and oxygen atoms in total. The number of rotatable bonds is 4. The minimum absolute atomic E-state index is 0.0638. The summed E-state index contributed by atoms with van der Waals surface area (Å²) in [6.45, 7) is -0.115. The molecule has 0 N–H and O–H groups in total. The number of fused-ring (bicyclic) bond motifs is 1. The number of hydrogen-bond acceptors (Lipinski definition) is 6. The van der Waals surface area contributed by atoms with Crippen molar-refractivity contribution in [3.05, 3.63) is 59.1 Å². The molecule has 0 unspecified atom stereocenters. The fraction of sp³-hybridized carbons (Fsp3) is 0.167. The van der Waals surface area contributed by atoms with E-state index >= 15 is 0 Å². The van der Waals surface area contributed by atoms with Gasteiger partial charge in [0.05, 0.1) is 5.39 Å². The summed E-state index contributed by atoms with van der Waals surface area (Å²) in [6.07, 6.45) is -1.05. The minimum Gasteiger partial charge on any atom is -0.472 e. The normalized spacial score (nSPS) is 11.8. The largest absolute Gasteiger partial charge is 0.472 e. The molecular weight excluding hydrogens is 428 g/mol. The van der Waals surface area contributed by atoms with Crippen LogP contribution >= 0.6 is 11.6 Å². The minimum atomic E-state index is -4.64. The molecule has 0 aliphatic heterocycles. The highest BCUT2D eigenvalue weighted by Gasteiger charge is 2.35. The number of nitrogens with zero attached hydrogens (tertiary/aromatic N) is 6. The lowest BCUT2D eigenvalue weighted by Crippen LogP contribution is -2.05. The zero-order valence-corrected chi connectivity index (χ0v) is 15.9. The monoisotopic (exact) mass is 438 g/mol. The first-order chi connectivity index (χ1) is 14.2. The maximum absolute atomic E-state index is 14.6. The van der Waals surface area contributed by atoms with Gasteiger partial charge in [-0.15, -0.1) is 0 Å². The SMILES string of the molecule is Cn1cc(C(F)(F)F)nc1-c1ncc(COc2nc(Cl)nc3ncccc23)cc1F. The maximum Gasteiger partial charge on any atom is 0.434 e. The van der Waals surface area contributed by atoms with Gasteiger partial charge in [-0.1, -0.05) is 0 Å². The van der Waals surface area contributed by atoms with Crippen LogP contribution in [0.2, 0.25) is 5.28 Å². The van der Waals surface area contributed by atoms with Crippen molar-refractivity contribution in [1.82, 2.24) is 29.5 Å². The van der Waals surface area contributed by atoms with Crippen molar-refractivity contribution in [3.8, 4) is 17.4 Å². The van der Waals surface area contributed by atoms with Gasteiger partial charge in [0.25, 0.3) is 0 Å². The zero-order valence-electron chi connectivity index (χ0n) is 15.2. The topological polar surface area (TPSA) is 78.6 Å². The van der Waals surface area contributed by atoms with E-state index in [1.165, 1.54) is 19.4 Å². The summed E-state index contributed by atoms with van der Waals surface area (Å²) in [7, 11) is 1.33. The van der Waals surface area contributed by atoms with E-state index in [1.54, 1.807) is 12.1 Å². The van der Waals surface area contributed by atoms with Gasteiger partial charge in [-0.3, -0.25) is 0 Å². The van der Waals surface area contributed by atoms with E-state index in [2.05, 4.69) is 24.9 Å². The highest BCUT2D eigenvalue weighted by atomic mass is 35.5. The Morgan fingerprint density at radius 1 is 1.17 bits per heavy atom. The van der Waals surface area contributed by atoms with Gasteiger partial charge in [-0.2, -0.15) is 23.1 Å². The summed E-state index contributed by atoms with van der Waals surface area (Å²) in [5, 5.41) is 0.450. The molecule has 30 heavy (non-hydrogen) atoms. The molecule has 4 aromatic rings. The van der Waals surface area contributed by atoms with E-state index in [0.29, 0.717) is 16.6 Å². The van der Waals surface area contributed by atoms with Crippen LogP contribution in [0.1, 0.15) is 11.3 Å². The van der Waals surface area contributed by atoms with Crippen LogP contribution in [0.5, 0.6) is 5.88 Å². The number of imidazole rings is 1. The van der Waals surface area contributed by atoms with Crippen molar-refractivity contribution in [2.45, 2.75) is 12.8 Å². The number of hydrogen-bond donors (Lipinski definition) is 0. The Morgan fingerprint density at radius 3 is 2.67 bits per heavy atom. The van der Waals surface area contributed by atoms with E-state index < -0.39 is 17.7 Å². The lowest BCUT2D eigenvalue weighted by Gasteiger charge is -2.09. The molecule has 0 aliphatic rings. The summed E-state index contributed by atoms with van der Waals surface area (Å²) in [4.78, 5) is 19.4. The fourth-order valence-corrected chi connectivity index (χ4v) is 2.87. The van der Waals surface area contributed by atoms with Gasteiger partial charge in [0.15, 0.2) is 23.0 Å². The molecule has 4 aromatic heterocycles. The Labute approximate surface area is 171 Å². The molecular formula is C18H11ClF4N6O. The molecule has 154 valence electrons. The molecule has 0 atom stereocenters. The highest BCUT2D eigenvalue weighted by Crippen LogP contribution is 2.31. The van der Waals surface area contributed by atoms with Crippen LogP contribution in [-0.4, -0.2) is 29.5 Å². The Balaban J connectivity index is 1.59. The van der Waals surface area contributed by atoms with Crippen LogP contribution in [-0.2, 0) is 19.8 Å². The Morgan fingerprint density at radius 2 is 1.97 bits per heavy atom. The maximum atomic E-state index is 14.6. The second kappa shape index (κ2) is 7.48. The molecule has 0 radical (unpaired) electrons. The molecule has 0 saturated heterocycles. The van der Waals surface area contributed by atoms with Gasteiger partial charge in [0.1, 0.15) is 12.3 Å². The lowest BCUT2D eigenvalue weighted by atomic mass is 10.2. The van der Waals surface area contributed by atoms with E-state index in [0.717, 1.165) is 16.8 Å². The zero-order chi connectivity index (χ0) is 21.5. The van der Waals surface area contributed by atoms with Crippen molar-refractivity contribution in [2.24, 2.45) is 7.05 Å². The molecule has 0 aromatic carbocycles. The molecule has 0 aliphatic carbocycles. The van der Waals surface area contributed by atoms with Crippen LogP contribution in [0.15, 0.2) is 36.8 Å². The Kier molecular flexibility index (Phi) is 4.98. The van der Waals surface area contributed by atoms with Crippen LogP contribution < -0.4 is 4.74 Å². The second-order valence-electron chi connectivity index (χ2n) is 6.19. The van der Waals surface area contributed by atoms with E-state index in [9.17, 15) is 17.6 Å². The van der Waals surface area contributed by atoms with Gasteiger partial charge in [-0.25, -0.2) is 19.3 Å². The summed E-state index contributed by atoms with van der Waals surface area (Å²) in [5.74, 6) is -0.931. The third kappa shape index (κ3) is 3.88. The van der Waals surface area contributed by atoms with Crippen LogP contribution in [0.25, 0.3) is 22.6 Å². The predicted molar refractivity (Wildman–Crippen MR) is 98.1 cm³/mol. The van der Waals surface area contributed by atoms with E-state index in [-0.39, 0.29) is 29.3 Å². The third-order valence-electron chi connectivity index (χ3n) is 4.06.